The predicted molar refractivity (Wildman–Crippen MR) is 60.1 cm³/mol. The molecule has 0 bridgehead atoms. The third-order valence-corrected chi connectivity index (χ3v) is 2.42. The predicted octanol–water partition coefficient (Wildman–Crippen LogP) is 1.57. The molecule has 0 aliphatic carbocycles. The molecule has 2 N–H and O–H groups in total. The first kappa shape index (κ1) is 12.8. The number of carbonyl (C=O) groups is 1. The van der Waals surface area contributed by atoms with E-state index in [-0.39, 0.29) is 6.61 Å². The summed E-state index contributed by atoms with van der Waals surface area (Å²) < 4.78 is 18.7. The fourth-order valence-corrected chi connectivity index (χ4v) is 1.43. The molecule has 0 fully saturated rings. The number of hydrogen-bond acceptors (Lipinski definition) is 3. The van der Waals surface area contributed by atoms with E-state index in [9.17, 15) is 9.18 Å². The fraction of sp³-hybridized carbons (Fsp3) is 0.417. The van der Waals surface area contributed by atoms with Gasteiger partial charge in [0, 0.05) is 12.7 Å². The van der Waals surface area contributed by atoms with Crippen LogP contribution in [-0.4, -0.2) is 31.2 Å². The van der Waals surface area contributed by atoms with E-state index in [1.54, 1.807) is 30.3 Å². The molecule has 0 spiro atoms. The number of halogens is 1. The van der Waals surface area contributed by atoms with E-state index in [0.717, 1.165) is 0 Å². The normalized spacial score (nSPS) is 16.5. The Hall–Kier alpha value is -1.26. The molecular weight excluding hydrogens is 209 g/mol. The summed E-state index contributed by atoms with van der Waals surface area (Å²) in [6.07, 6.45) is 0. The zero-order chi connectivity index (χ0) is 12.2. The maximum absolute atomic E-state index is 13.9. The molecule has 0 saturated carbocycles. The smallest absolute Gasteiger partial charge is 0.182 e. The molecule has 0 heterocycles. The number of Topliss-reactive ketones (excluding diaryl/α,β-unsaturated/α-hetero) is 1. The second-order valence-electron chi connectivity index (χ2n) is 3.92. The number of rotatable bonds is 5. The van der Waals surface area contributed by atoms with Crippen molar-refractivity contribution in [1.82, 2.24) is 0 Å². The number of ketones is 1. The van der Waals surface area contributed by atoms with Gasteiger partial charge in [-0.15, -0.1) is 0 Å². The van der Waals surface area contributed by atoms with Gasteiger partial charge < -0.3 is 10.5 Å². The molecule has 1 aromatic carbocycles. The van der Waals surface area contributed by atoms with Gasteiger partial charge in [-0.2, -0.15) is 0 Å². The van der Waals surface area contributed by atoms with Crippen LogP contribution >= 0.6 is 0 Å². The van der Waals surface area contributed by atoms with Crippen LogP contribution in [0.5, 0.6) is 0 Å². The molecule has 0 saturated heterocycles. The van der Waals surface area contributed by atoms with Gasteiger partial charge in [-0.25, -0.2) is 4.39 Å². The Morgan fingerprint density at radius 2 is 2.06 bits per heavy atom. The lowest BCUT2D eigenvalue weighted by molar-refractivity contribution is 0.0334. The molecule has 2 unspecified atom stereocenters. The average molecular weight is 225 g/mol. The van der Waals surface area contributed by atoms with Crippen LogP contribution in [0.1, 0.15) is 17.3 Å². The van der Waals surface area contributed by atoms with E-state index in [1.165, 1.54) is 14.0 Å². The van der Waals surface area contributed by atoms with Gasteiger partial charge in [0.1, 0.15) is 6.04 Å². The monoisotopic (exact) mass is 225 g/mol. The van der Waals surface area contributed by atoms with Gasteiger partial charge in [-0.3, -0.25) is 4.79 Å². The SMILES string of the molecule is COCC(C)(F)C(N)C(=O)c1ccccc1. The van der Waals surface area contributed by atoms with Gasteiger partial charge in [0.25, 0.3) is 0 Å². The van der Waals surface area contributed by atoms with Crippen LogP contribution in [0.15, 0.2) is 30.3 Å². The van der Waals surface area contributed by atoms with Crippen LogP contribution in [0, 0.1) is 0 Å². The zero-order valence-corrected chi connectivity index (χ0v) is 9.44. The summed E-state index contributed by atoms with van der Waals surface area (Å²) >= 11 is 0. The first-order valence-corrected chi connectivity index (χ1v) is 5.01. The van der Waals surface area contributed by atoms with Gasteiger partial charge in [-0.1, -0.05) is 30.3 Å². The van der Waals surface area contributed by atoms with E-state index in [1.807, 2.05) is 0 Å². The summed E-state index contributed by atoms with van der Waals surface area (Å²) in [4.78, 5) is 11.8. The molecule has 16 heavy (non-hydrogen) atoms. The van der Waals surface area contributed by atoms with Crippen molar-refractivity contribution in [2.24, 2.45) is 5.73 Å². The maximum Gasteiger partial charge on any atom is 0.182 e. The Bertz CT molecular complexity index is 351. The lowest BCUT2D eigenvalue weighted by Crippen LogP contribution is -2.50. The Morgan fingerprint density at radius 3 is 2.56 bits per heavy atom. The molecule has 0 amide bonds. The van der Waals surface area contributed by atoms with Crippen molar-refractivity contribution in [3.63, 3.8) is 0 Å². The molecule has 1 rings (SSSR count). The first-order chi connectivity index (χ1) is 7.49. The highest BCUT2D eigenvalue weighted by atomic mass is 19.1. The fourth-order valence-electron chi connectivity index (χ4n) is 1.43. The highest BCUT2D eigenvalue weighted by Gasteiger charge is 2.37. The third kappa shape index (κ3) is 2.87. The minimum atomic E-state index is -1.86. The molecule has 0 aliphatic rings. The van der Waals surface area contributed by atoms with Gasteiger partial charge in [0.15, 0.2) is 11.5 Å². The Kier molecular flexibility index (Phi) is 4.15. The molecule has 0 radical (unpaired) electrons. The second kappa shape index (κ2) is 5.18. The number of methoxy groups -OCH3 is 1. The zero-order valence-electron chi connectivity index (χ0n) is 9.44. The van der Waals surface area contributed by atoms with Gasteiger partial charge in [0.05, 0.1) is 6.61 Å². The minimum absolute atomic E-state index is 0.202. The van der Waals surface area contributed by atoms with Crippen molar-refractivity contribution < 1.29 is 13.9 Å². The van der Waals surface area contributed by atoms with Crippen LogP contribution in [0.2, 0.25) is 0 Å². The van der Waals surface area contributed by atoms with E-state index >= 15 is 0 Å². The van der Waals surface area contributed by atoms with Crippen molar-refractivity contribution in [2.75, 3.05) is 13.7 Å². The number of carbonyl (C=O) groups excluding carboxylic acids is 1. The lowest BCUT2D eigenvalue weighted by atomic mass is 9.92. The largest absolute Gasteiger partial charge is 0.381 e. The molecule has 1 aromatic rings. The van der Waals surface area contributed by atoms with Crippen LogP contribution < -0.4 is 5.73 Å². The molecule has 3 nitrogen and oxygen atoms in total. The highest BCUT2D eigenvalue weighted by Crippen LogP contribution is 2.18. The first-order valence-electron chi connectivity index (χ1n) is 5.01. The van der Waals surface area contributed by atoms with Gasteiger partial charge in [0.2, 0.25) is 0 Å². The summed E-state index contributed by atoms with van der Waals surface area (Å²) in [6.45, 7) is 1.06. The van der Waals surface area contributed by atoms with E-state index < -0.39 is 17.5 Å². The van der Waals surface area contributed by atoms with E-state index in [0.29, 0.717) is 5.56 Å². The number of nitrogens with two attached hydrogens (primary N) is 1. The molecule has 88 valence electrons. The molecule has 0 aromatic heterocycles. The molecular formula is C12H16FNO2. The Labute approximate surface area is 94.4 Å². The summed E-state index contributed by atoms with van der Waals surface area (Å²) in [5.74, 6) is -0.414. The van der Waals surface area contributed by atoms with E-state index in [4.69, 9.17) is 10.5 Å². The van der Waals surface area contributed by atoms with Crippen molar-refractivity contribution in [3.05, 3.63) is 35.9 Å². The van der Waals surface area contributed by atoms with Crippen LogP contribution in [-0.2, 0) is 4.74 Å². The lowest BCUT2D eigenvalue weighted by Gasteiger charge is -2.25. The van der Waals surface area contributed by atoms with Crippen molar-refractivity contribution in [2.45, 2.75) is 18.6 Å². The van der Waals surface area contributed by atoms with Crippen molar-refractivity contribution in [1.29, 1.82) is 0 Å². The Balaban J connectivity index is 2.82. The van der Waals surface area contributed by atoms with Crippen molar-refractivity contribution in [3.8, 4) is 0 Å². The number of hydrogen-bond donors (Lipinski definition) is 1. The average Bonchev–Trinajstić information content (AvgIpc) is 2.28. The summed E-state index contributed by atoms with van der Waals surface area (Å²) in [5.41, 5.74) is 4.16. The maximum atomic E-state index is 13.9. The summed E-state index contributed by atoms with van der Waals surface area (Å²) in [7, 11) is 1.37. The highest BCUT2D eigenvalue weighted by molar-refractivity contribution is 6.00. The second-order valence-corrected chi connectivity index (χ2v) is 3.92. The van der Waals surface area contributed by atoms with Gasteiger partial charge >= 0.3 is 0 Å². The summed E-state index contributed by atoms with van der Waals surface area (Å²) in [5, 5.41) is 0. The summed E-state index contributed by atoms with van der Waals surface area (Å²) in [6, 6.07) is 7.23. The van der Waals surface area contributed by atoms with Crippen LogP contribution in [0.4, 0.5) is 4.39 Å². The number of benzene rings is 1. The molecule has 4 heteroatoms. The molecule has 0 aliphatic heterocycles. The van der Waals surface area contributed by atoms with Crippen molar-refractivity contribution >= 4 is 5.78 Å². The number of alkyl halides is 1. The van der Waals surface area contributed by atoms with Gasteiger partial charge in [-0.05, 0) is 6.92 Å². The minimum Gasteiger partial charge on any atom is -0.381 e. The standard InChI is InChI=1S/C12H16FNO2/c1-12(13,8-16-2)11(14)10(15)9-6-4-3-5-7-9/h3-7,11H,8,14H2,1-2H3. The molecule has 2 atom stereocenters. The Morgan fingerprint density at radius 1 is 1.50 bits per heavy atom. The van der Waals surface area contributed by atoms with E-state index in [2.05, 4.69) is 0 Å². The van der Waals surface area contributed by atoms with Crippen LogP contribution in [0.3, 0.4) is 0 Å². The topological polar surface area (TPSA) is 52.3 Å². The quantitative estimate of drug-likeness (QED) is 0.774. The van der Waals surface area contributed by atoms with Crippen LogP contribution in [0.25, 0.3) is 0 Å². The third-order valence-electron chi connectivity index (χ3n) is 2.42. The number of ether oxygens (including phenoxy) is 1.